The van der Waals surface area contributed by atoms with E-state index in [9.17, 15) is 9.18 Å². The van der Waals surface area contributed by atoms with Crippen LogP contribution in [-0.2, 0) is 4.74 Å². The quantitative estimate of drug-likeness (QED) is 0.797. The van der Waals surface area contributed by atoms with Crippen molar-refractivity contribution < 1.29 is 13.9 Å². The molecule has 0 unspecified atom stereocenters. The van der Waals surface area contributed by atoms with Crippen LogP contribution in [0.3, 0.4) is 0 Å². The second-order valence-electron chi connectivity index (χ2n) is 4.59. The summed E-state index contributed by atoms with van der Waals surface area (Å²) in [5, 5.41) is 0. The first-order valence-electron chi connectivity index (χ1n) is 5.87. The zero-order valence-corrected chi connectivity index (χ0v) is 11.9. The molecule has 98 valence electrons. The van der Waals surface area contributed by atoms with Crippen LogP contribution in [0.1, 0.15) is 24.2 Å². The molecule has 1 amide bonds. The molecule has 0 aromatic heterocycles. The molecule has 18 heavy (non-hydrogen) atoms. The molecule has 1 aliphatic rings. The SMILES string of the molecule is C[C@@H]1CN(C(=O)c2cc(F)ccc2Br)C[C@@H](C)O1. The Morgan fingerprint density at radius 3 is 2.61 bits per heavy atom. The zero-order valence-electron chi connectivity index (χ0n) is 10.3. The Morgan fingerprint density at radius 2 is 2.00 bits per heavy atom. The van der Waals surface area contributed by atoms with E-state index in [1.165, 1.54) is 12.1 Å². The molecule has 2 atom stereocenters. The van der Waals surface area contributed by atoms with E-state index in [4.69, 9.17) is 4.74 Å². The summed E-state index contributed by atoms with van der Waals surface area (Å²) < 4.78 is 19.4. The number of halogens is 2. The Balaban J connectivity index is 2.22. The molecular formula is C13H15BrFNO2. The number of morpholine rings is 1. The predicted molar refractivity (Wildman–Crippen MR) is 70.0 cm³/mol. The summed E-state index contributed by atoms with van der Waals surface area (Å²) in [5.41, 5.74) is 0.358. The van der Waals surface area contributed by atoms with Gasteiger partial charge in [-0.1, -0.05) is 0 Å². The lowest BCUT2D eigenvalue weighted by molar-refractivity contribution is -0.0586. The molecule has 5 heteroatoms. The Labute approximate surface area is 114 Å². The number of nitrogens with zero attached hydrogens (tertiary/aromatic N) is 1. The van der Waals surface area contributed by atoms with E-state index < -0.39 is 5.82 Å². The maximum absolute atomic E-state index is 13.2. The highest BCUT2D eigenvalue weighted by atomic mass is 79.9. The summed E-state index contributed by atoms with van der Waals surface area (Å²) in [7, 11) is 0. The highest BCUT2D eigenvalue weighted by Crippen LogP contribution is 2.21. The Kier molecular flexibility index (Phi) is 4.02. The molecule has 0 radical (unpaired) electrons. The maximum atomic E-state index is 13.2. The summed E-state index contributed by atoms with van der Waals surface area (Å²) in [6.07, 6.45) is 0.00932. The maximum Gasteiger partial charge on any atom is 0.255 e. The minimum absolute atomic E-state index is 0.00466. The Bertz CT molecular complexity index is 456. The van der Waals surface area contributed by atoms with Gasteiger partial charge < -0.3 is 9.64 Å². The van der Waals surface area contributed by atoms with Crippen LogP contribution in [0.25, 0.3) is 0 Å². The van der Waals surface area contributed by atoms with Crippen molar-refractivity contribution in [1.29, 1.82) is 0 Å². The van der Waals surface area contributed by atoms with E-state index in [-0.39, 0.29) is 18.1 Å². The van der Waals surface area contributed by atoms with Crippen molar-refractivity contribution in [2.75, 3.05) is 13.1 Å². The van der Waals surface area contributed by atoms with Crippen LogP contribution in [0.15, 0.2) is 22.7 Å². The first kappa shape index (κ1) is 13.5. The van der Waals surface area contributed by atoms with Crippen LogP contribution in [0.5, 0.6) is 0 Å². The smallest absolute Gasteiger partial charge is 0.255 e. The highest BCUT2D eigenvalue weighted by molar-refractivity contribution is 9.10. The van der Waals surface area contributed by atoms with Crippen LogP contribution < -0.4 is 0 Å². The molecule has 0 bridgehead atoms. The van der Waals surface area contributed by atoms with Gasteiger partial charge in [-0.25, -0.2) is 4.39 Å². The normalized spacial score (nSPS) is 24.1. The van der Waals surface area contributed by atoms with E-state index in [0.29, 0.717) is 23.1 Å². The van der Waals surface area contributed by atoms with Crippen LogP contribution >= 0.6 is 15.9 Å². The molecule has 1 saturated heterocycles. The van der Waals surface area contributed by atoms with Gasteiger partial charge in [0.1, 0.15) is 5.82 Å². The van der Waals surface area contributed by atoms with Crippen molar-refractivity contribution in [2.45, 2.75) is 26.1 Å². The fourth-order valence-corrected chi connectivity index (χ4v) is 2.59. The fraction of sp³-hybridized carbons (Fsp3) is 0.462. The molecule has 0 aliphatic carbocycles. The number of benzene rings is 1. The van der Waals surface area contributed by atoms with Crippen molar-refractivity contribution >= 4 is 21.8 Å². The van der Waals surface area contributed by atoms with Gasteiger partial charge in [0.25, 0.3) is 5.91 Å². The van der Waals surface area contributed by atoms with Crippen molar-refractivity contribution in [3.63, 3.8) is 0 Å². The van der Waals surface area contributed by atoms with E-state index >= 15 is 0 Å². The summed E-state index contributed by atoms with van der Waals surface area (Å²) in [4.78, 5) is 14.0. The van der Waals surface area contributed by atoms with E-state index in [1.807, 2.05) is 13.8 Å². The highest BCUT2D eigenvalue weighted by Gasteiger charge is 2.27. The van der Waals surface area contributed by atoms with E-state index in [2.05, 4.69) is 15.9 Å². The minimum atomic E-state index is -0.407. The van der Waals surface area contributed by atoms with E-state index in [0.717, 1.165) is 0 Å². The van der Waals surface area contributed by atoms with Gasteiger partial charge in [-0.3, -0.25) is 4.79 Å². The second kappa shape index (κ2) is 5.36. The fourth-order valence-electron chi connectivity index (χ4n) is 2.18. The second-order valence-corrected chi connectivity index (χ2v) is 5.45. The summed E-state index contributed by atoms with van der Waals surface area (Å²) in [6.45, 7) is 4.92. The molecule has 0 N–H and O–H groups in total. The van der Waals surface area contributed by atoms with Crippen LogP contribution in [0.4, 0.5) is 4.39 Å². The average Bonchev–Trinajstić information content (AvgIpc) is 2.30. The first-order chi connectivity index (χ1) is 8.47. The lowest BCUT2D eigenvalue weighted by Crippen LogP contribution is -2.48. The first-order valence-corrected chi connectivity index (χ1v) is 6.66. The monoisotopic (exact) mass is 315 g/mol. The molecule has 3 nitrogen and oxygen atoms in total. The molecule has 1 fully saturated rings. The van der Waals surface area contributed by atoms with E-state index in [1.54, 1.807) is 11.0 Å². The van der Waals surface area contributed by atoms with Gasteiger partial charge in [0.05, 0.1) is 17.8 Å². The van der Waals surface area contributed by atoms with Crippen molar-refractivity contribution in [2.24, 2.45) is 0 Å². The minimum Gasteiger partial charge on any atom is -0.372 e. The predicted octanol–water partition coefficient (Wildman–Crippen LogP) is 2.84. The Morgan fingerprint density at radius 1 is 1.39 bits per heavy atom. The van der Waals surface area contributed by atoms with Crippen molar-refractivity contribution in [1.82, 2.24) is 4.90 Å². The third-order valence-electron chi connectivity index (χ3n) is 2.87. The third kappa shape index (κ3) is 2.90. The number of ether oxygens (including phenoxy) is 1. The van der Waals surface area contributed by atoms with Crippen molar-refractivity contribution in [3.05, 3.63) is 34.1 Å². The third-order valence-corrected chi connectivity index (χ3v) is 3.56. The molecule has 0 spiro atoms. The molecule has 1 aromatic rings. The number of hydrogen-bond donors (Lipinski definition) is 0. The van der Waals surface area contributed by atoms with Gasteiger partial charge in [-0.05, 0) is 48.0 Å². The van der Waals surface area contributed by atoms with Crippen LogP contribution in [-0.4, -0.2) is 36.1 Å². The molecule has 0 saturated carbocycles. The topological polar surface area (TPSA) is 29.5 Å². The van der Waals surface area contributed by atoms with Crippen molar-refractivity contribution in [3.8, 4) is 0 Å². The molecule has 1 heterocycles. The zero-order chi connectivity index (χ0) is 13.3. The summed E-state index contributed by atoms with van der Waals surface area (Å²) in [5.74, 6) is -0.570. The number of hydrogen-bond acceptors (Lipinski definition) is 2. The molecule has 1 aliphatic heterocycles. The molecule has 2 rings (SSSR count). The van der Waals surface area contributed by atoms with Crippen LogP contribution in [0.2, 0.25) is 0 Å². The lowest BCUT2D eigenvalue weighted by Gasteiger charge is -2.35. The number of rotatable bonds is 1. The summed E-state index contributed by atoms with van der Waals surface area (Å²) in [6, 6.07) is 4.14. The standard InChI is InChI=1S/C13H15BrFNO2/c1-8-6-16(7-9(2)18-8)13(17)11-5-10(15)3-4-12(11)14/h3-5,8-9H,6-7H2,1-2H3/t8-,9-/m1/s1. The van der Waals surface area contributed by atoms with Gasteiger partial charge in [0, 0.05) is 17.6 Å². The number of carbonyl (C=O) groups is 1. The molecule has 1 aromatic carbocycles. The van der Waals surface area contributed by atoms with Crippen LogP contribution in [0, 0.1) is 5.82 Å². The lowest BCUT2D eigenvalue weighted by atomic mass is 10.1. The summed E-state index contributed by atoms with van der Waals surface area (Å²) >= 11 is 3.28. The molecular weight excluding hydrogens is 301 g/mol. The largest absolute Gasteiger partial charge is 0.372 e. The van der Waals surface area contributed by atoms with Gasteiger partial charge in [-0.15, -0.1) is 0 Å². The number of amides is 1. The Hall–Kier alpha value is -0.940. The van der Waals surface area contributed by atoms with Gasteiger partial charge in [0.15, 0.2) is 0 Å². The van der Waals surface area contributed by atoms with Gasteiger partial charge >= 0.3 is 0 Å². The average molecular weight is 316 g/mol. The number of carbonyl (C=O) groups excluding carboxylic acids is 1. The van der Waals surface area contributed by atoms with Gasteiger partial charge in [0.2, 0.25) is 0 Å². The van der Waals surface area contributed by atoms with Gasteiger partial charge in [-0.2, -0.15) is 0 Å².